The van der Waals surface area contributed by atoms with Crippen LogP contribution in [0.4, 0.5) is 0 Å². The quantitative estimate of drug-likeness (QED) is 0.498. The predicted octanol–water partition coefficient (Wildman–Crippen LogP) is 2.33. The van der Waals surface area contributed by atoms with E-state index in [9.17, 15) is 0 Å². The van der Waals surface area contributed by atoms with Crippen molar-refractivity contribution in [1.82, 2.24) is 5.32 Å². The van der Waals surface area contributed by atoms with Crippen molar-refractivity contribution in [2.24, 2.45) is 0 Å². The van der Waals surface area contributed by atoms with E-state index in [1.807, 2.05) is 7.05 Å². The Morgan fingerprint density at radius 3 is 2.27 bits per heavy atom. The molecule has 0 amide bonds. The molecule has 0 aromatic carbocycles. The van der Waals surface area contributed by atoms with Gasteiger partial charge in [-0.25, -0.2) is 0 Å². The van der Waals surface area contributed by atoms with Crippen LogP contribution in [0.3, 0.4) is 0 Å². The van der Waals surface area contributed by atoms with E-state index in [2.05, 4.69) is 25.2 Å². The summed E-state index contributed by atoms with van der Waals surface area (Å²) in [6.45, 7) is 4.33. The summed E-state index contributed by atoms with van der Waals surface area (Å²) < 4.78 is 10.3. The standard InChI is InChI=1S/C12H25NO2/c1-6-10(2)9-11(13-3)7-8-12(14-4)15-5/h9,11-13H,6-8H2,1-5H3/b10-9+. The zero-order valence-electron chi connectivity index (χ0n) is 10.7. The average Bonchev–Trinajstić information content (AvgIpc) is 2.28. The molecular weight excluding hydrogens is 190 g/mol. The van der Waals surface area contributed by atoms with Gasteiger partial charge in [0.25, 0.3) is 0 Å². The molecule has 3 nitrogen and oxygen atoms in total. The number of methoxy groups -OCH3 is 2. The second kappa shape index (κ2) is 8.89. The molecule has 0 aromatic heterocycles. The van der Waals surface area contributed by atoms with Gasteiger partial charge in [0.05, 0.1) is 0 Å². The monoisotopic (exact) mass is 215 g/mol. The second-order valence-electron chi connectivity index (χ2n) is 3.74. The number of rotatable bonds is 8. The minimum atomic E-state index is -0.0869. The van der Waals surface area contributed by atoms with Crippen LogP contribution in [0.15, 0.2) is 11.6 Å². The molecule has 0 rings (SSSR count). The van der Waals surface area contributed by atoms with E-state index in [-0.39, 0.29) is 6.29 Å². The molecule has 0 aliphatic heterocycles. The van der Waals surface area contributed by atoms with E-state index in [0.717, 1.165) is 19.3 Å². The van der Waals surface area contributed by atoms with Gasteiger partial charge in [0, 0.05) is 26.7 Å². The summed E-state index contributed by atoms with van der Waals surface area (Å²) in [6, 6.07) is 0.415. The molecule has 3 heteroatoms. The van der Waals surface area contributed by atoms with Crippen molar-refractivity contribution in [3.63, 3.8) is 0 Å². The molecular formula is C12H25NO2. The number of nitrogens with one attached hydrogen (secondary N) is 1. The van der Waals surface area contributed by atoms with Gasteiger partial charge < -0.3 is 14.8 Å². The lowest BCUT2D eigenvalue weighted by Crippen LogP contribution is -2.25. The SMILES string of the molecule is CC/C(C)=C/C(CCC(OC)OC)NC. The predicted molar refractivity (Wildman–Crippen MR) is 63.9 cm³/mol. The fraction of sp³-hybridized carbons (Fsp3) is 0.833. The van der Waals surface area contributed by atoms with E-state index in [0.29, 0.717) is 6.04 Å². The van der Waals surface area contributed by atoms with E-state index in [4.69, 9.17) is 9.47 Å². The van der Waals surface area contributed by atoms with Crippen LogP contribution in [0.1, 0.15) is 33.1 Å². The van der Waals surface area contributed by atoms with Gasteiger partial charge in [-0.2, -0.15) is 0 Å². The summed E-state index contributed by atoms with van der Waals surface area (Å²) in [4.78, 5) is 0. The van der Waals surface area contributed by atoms with E-state index < -0.39 is 0 Å². The van der Waals surface area contributed by atoms with E-state index in [1.54, 1.807) is 14.2 Å². The van der Waals surface area contributed by atoms with Gasteiger partial charge in [0.15, 0.2) is 6.29 Å². The van der Waals surface area contributed by atoms with E-state index >= 15 is 0 Å². The topological polar surface area (TPSA) is 30.5 Å². The number of allylic oxidation sites excluding steroid dienone is 1. The maximum absolute atomic E-state index is 5.15. The highest BCUT2D eigenvalue weighted by Gasteiger charge is 2.09. The molecule has 0 saturated heterocycles. The summed E-state index contributed by atoms with van der Waals surface area (Å²) in [5, 5.41) is 3.28. The molecule has 1 unspecified atom stereocenters. The Morgan fingerprint density at radius 1 is 1.27 bits per heavy atom. The van der Waals surface area contributed by atoms with Crippen LogP contribution in [-0.2, 0) is 9.47 Å². The lowest BCUT2D eigenvalue weighted by Gasteiger charge is -2.17. The molecule has 1 atom stereocenters. The van der Waals surface area contributed by atoms with Gasteiger partial charge in [0.2, 0.25) is 0 Å². The molecule has 0 aliphatic carbocycles. The van der Waals surface area contributed by atoms with Crippen LogP contribution in [0, 0.1) is 0 Å². The highest BCUT2D eigenvalue weighted by molar-refractivity contribution is 5.03. The zero-order valence-corrected chi connectivity index (χ0v) is 10.7. The molecule has 0 bridgehead atoms. The summed E-state index contributed by atoms with van der Waals surface area (Å²) in [6.07, 6.45) is 5.24. The smallest absolute Gasteiger partial charge is 0.156 e. The Morgan fingerprint density at radius 2 is 1.87 bits per heavy atom. The van der Waals surface area contributed by atoms with Crippen molar-refractivity contribution < 1.29 is 9.47 Å². The molecule has 0 aromatic rings. The van der Waals surface area contributed by atoms with Crippen molar-refractivity contribution in [2.75, 3.05) is 21.3 Å². The van der Waals surface area contributed by atoms with Gasteiger partial charge in [-0.05, 0) is 26.8 Å². The van der Waals surface area contributed by atoms with Gasteiger partial charge in [0.1, 0.15) is 0 Å². The van der Waals surface area contributed by atoms with Crippen LogP contribution in [0.25, 0.3) is 0 Å². The van der Waals surface area contributed by atoms with E-state index in [1.165, 1.54) is 5.57 Å². The first-order valence-corrected chi connectivity index (χ1v) is 5.58. The lowest BCUT2D eigenvalue weighted by atomic mass is 10.1. The third kappa shape index (κ3) is 6.66. The summed E-state index contributed by atoms with van der Waals surface area (Å²) >= 11 is 0. The van der Waals surface area contributed by atoms with Crippen LogP contribution in [0.5, 0.6) is 0 Å². The summed E-state index contributed by atoms with van der Waals surface area (Å²) in [5.41, 5.74) is 1.42. The van der Waals surface area contributed by atoms with Gasteiger partial charge in [-0.15, -0.1) is 0 Å². The Balaban J connectivity index is 3.99. The number of hydrogen-bond donors (Lipinski definition) is 1. The molecule has 0 heterocycles. The van der Waals surface area contributed by atoms with Crippen LogP contribution in [-0.4, -0.2) is 33.6 Å². The molecule has 0 spiro atoms. The van der Waals surface area contributed by atoms with Gasteiger partial charge in [-0.1, -0.05) is 18.6 Å². The molecule has 15 heavy (non-hydrogen) atoms. The van der Waals surface area contributed by atoms with Crippen LogP contribution >= 0.6 is 0 Å². The number of likely N-dealkylation sites (N-methyl/N-ethyl adjacent to an activating group) is 1. The Bertz CT molecular complexity index is 176. The first-order chi connectivity index (χ1) is 7.17. The molecule has 0 aliphatic rings. The molecule has 1 N–H and O–H groups in total. The normalized spacial score (nSPS) is 14.7. The molecule has 90 valence electrons. The lowest BCUT2D eigenvalue weighted by molar-refractivity contribution is -0.107. The highest BCUT2D eigenvalue weighted by atomic mass is 16.7. The van der Waals surface area contributed by atoms with Crippen LogP contribution < -0.4 is 5.32 Å². The third-order valence-corrected chi connectivity index (χ3v) is 2.65. The Kier molecular flexibility index (Phi) is 8.67. The number of hydrogen-bond acceptors (Lipinski definition) is 3. The van der Waals surface area contributed by atoms with Crippen LogP contribution in [0.2, 0.25) is 0 Å². The van der Waals surface area contributed by atoms with Crippen molar-refractivity contribution >= 4 is 0 Å². The third-order valence-electron chi connectivity index (χ3n) is 2.65. The van der Waals surface area contributed by atoms with Crippen molar-refractivity contribution in [3.8, 4) is 0 Å². The maximum atomic E-state index is 5.15. The highest BCUT2D eigenvalue weighted by Crippen LogP contribution is 2.09. The minimum absolute atomic E-state index is 0.0869. The zero-order chi connectivity index (χ0) is 11.7. The first-order valence-electron chi connectivity index (χ1n) is 5.58. The summed E-state index contributed by atoms with van der Waals surface area (Å²) in [7, 11) is 5.34. The fourth-order valence-electron chi connectivity index (χ4n) is 1.42. The van der Waals surface area contributed by atoms with Gasteiger partial charge >= 0.3 is 0 Å². The Hall–Kier alpha value is -0.380. The average molecular weight is 215 g/mol. The maximum Gasteiger partial charge on any atom is 0.156 e. The Labute approximate surface area is 93.8 Å². The number of ether oxygens (including phenoxy) is 2. The van der Waals surface area contributed by atoms with Crippen molar-refractivity contribution in [3.05, 3.63) is 11.6 Å². The molecule has 0 fully saturated rings. The fourth-order valence-corrected chi connectivity index (χ4v) is 1.42. The molecule has 0 radical (unpaired) electrons. The minimum Gasteiger partial charge on any atom is -0.356 e. The first kappa shape index (κ1) is 14.6. The summed E-state index contributed by atoms with van der Waals surface area (Å²) in [5.74, 6) is 0. The second-order valence-corrected chi connectivity index (χ2v) is 3.74. The largest absolute Gasteiger partial charge is 0.356 e. The van der Waals surface area contributed by atoms with Crippen molar-refractivity contribution in [2.45, 2.75) is 45.4 Å². The molecule has 0 saturated carbocycles. The van der Waals surface area contributed by atoms with Gasteiger partial charge in [-0.3, -0.25) is 0 Å². The van der Waals surface area contributed by atoms with Crippen molar-refractivity contribution in [1.29, 1.82) is 0 Å².